The Hall–Kier alpha value is -2.68. The van der Waals surface area contributed by atoms with Crippen molar-refractivity contribution in [2.45, 2.75) is 16.0 Å². The fourth-order valence-electron chi connectivity index (χ4n) is 2.05. The molecule has 0 aliphatic carbocycles. The van der Waals surface area contributed by atoms with Gasteiger partial charge in [-0.1, -0.05) is 18.2 Å². The van der Waals surface area contributed by atoms with E-state index in [1.54, 1.807) is 36.4 Å². The molecule has 1 aromatic heterocycles. The first-order chi connectivity index (χ1) is 11.4. The van der Waals surface area contributed by atoms with E-state index in [4.69, 9.17) is 5.84 Å². The summed E-state index contributed by atoms with van der Waals surface area (Å²) in [6.45, 7) is 0. The zero-order valence-corrected chi connectivity index (χ0v) is 12.9. The van der Waals surface area contributed by atoms with E-state index >= 15 is 0 Å². The molecule has 0 saturated heterocycles. The number of nitrogen functional groups attached to an aromatic ring is 1. The minimum Gasteiger partial charge on any atom is -0.321 e. The van der Waals surface area contributed by atoms with Gasteiger partial charge in [-0.25, -0.2) is 9.19 Å². The Morgan fingerprint density at radius 3 is 2.08 bits per heavy atom. The van der Waals surface area contributed by atoms with E-state index < -0.39 is 22.8 Å². The largest absolute Gasteiger partial charge is 0.453 e. The molecule has 0 bridgehead atoms. The molecule has 2 aromatic carbocycles. The molecule has 0 saturated carbocycles. The molecule has 24 heavy (non-hydrogen) atoms. The molecule has 1 heterocycles. The SMILES string of the molecule is Nn1nc(-c2ccc(S(=O)c3ccccc3)cc2)nc1C(F)(F)F. The first-order valence-corrected chi connectivity index (χ1v) is 7.88. The Bertz CT molecular complexity index is 876. The van der Waals surface area contributed by atoms with Gasteiger partial charge in [0.2, 0.25) is 0 Å². The van der Waals surface area contributed by atoms with E-state index in [2.05, 4.69) is 10.1 Å². The maximum atomic E-state index is 12.7. The number of aromatic nitrogens is 3. The minimum absolute atomic E-state index is 0.151. The van der Waals surface area contributed by atoms with Gasteiger partial charge >= 0.3 is 6.18 Å². The Morgan fingerprint density at radius 1 is 0.958 bits per heavy atom. The van der Waals surface area contributed by atoms with Crippen molar-refractivity contribution in [1.29, 1.82) is 0 Å². The number of benzene rings is 2. The summed E-state index contributed by atoms with van der Waals surface area (Å²) in [6.07, 6.45) is -4.69. The van der Waals surface area contributed by atoms with Crippen LogP contribution in [0.25, 0.3) is 11.4 Å². The lowest BCUT2D eigenvalue weighted by Gasteiger charge is -2.03. The summed E-state index contributed by atoms with van der Waals surface area (Å²) in [4.78, 5) is 4.76. The second-order valence-electron chi connectivity index (χ2n) is 4.81. The Kier molecular flexibility index (Phi) is 4.10. The van der Waals surface area contributed by atoms with Crippen LogP contribution in [0.5, 0.6) is 0 Å². The van der Waals surface area contributed by atoms with Crippen molar-refractivity contribution in [2.24, 2.45) is 0 Å². The van der Waals surface area contributed by atoms with Crippen LogP contribution in [-0.4, -0.2) is 19.1 Å². The maximum Gasteiger partial charge on any atom is 0.453 e. The third-order valence-electron chi connectivity index (χ3n) is 3.17. The summed E-state index contributed by atoms with van der Waals surface area (Å²) >= 11 is 0. The molecule has 0 amide bonds. The van der Waals surface area contributed by atoms with Crippen LogP contribution in [0.2, 0.25) is 0 Å². The highest BCUT2D eigenvalue weighted by Gasteiger charge is 2.38. The first-order valence-electron chi connectivity index (χ1n) is 6.73. The van der Waals surface area contributed by atoms with Gasteiger partial charge < -0.3 is 5.84 Å². The highest BCUT2D eigenvalue weighted by molar-refractivity contribution is 7.85. The van der Waals surface area contributed by atoms with Gasteiger partial charge in [0, 0.05) is 15.4 Å². The van der Waals surface area contributed by atoms with Gasteiger partial charge in [0.15, 0.2) is 5.82 Å². The molecule has 0 fully saturated rings. The monoisotopic (exact) mass is 352 g/mol. The van der Waals surface area contributed by atoms with Crippen molar-refractivity contribution in [1.82, 2.24) is 14.9 Å². The van der Waals surface area contributed by atoms with E-state index in [0.717, 1.165) is 0 Å². The predicted molar refractivity (Wildman–Crippen MR) is 81.7 cm³/mol. The minimum atomic E-state index is -4.69. The molecule has 3 rings (SSSR count). The number of halogens is 3. The summed E-state index contributed by atoms with van der Waals surface area (Å²) in [5.41, 5.74) is 0.346. The van der Waals surface area contributed by atoms with Crippen LogP contribution < -0.4 is 5.84 Å². The van der Waals surface area contributed by atoms with Gasteiger partial charge in [-0.3, -0.25) is 0 Å². The van der Waals surface area contributed by atoms with Crippen LogP contribution in [-0.2, 0) is 17.0 Å². The number of nitrogens with two attached hydrogens (primary N) is 1. The van der Waals surface area contributed by atoms with E-state index in [-0.39, 0.29) is 10.6 Å². The second-order valence-corrected chi connectivity index (χ2v) is 6.29. The van der Waals surface area contributed by atoms with Gasteiger partial charge in [-0.15, -0.1) is 5.10 Å². The van der Waals surface area contributed by atoms with Crippen molar-refractivity contribution in [3.8, 4) is 11.4 Å². The highest BCUT2D eigenvalue weighted by Crippen LogP contribution is 2.29. The zero-order valence-electron chi connectivity index (χ0n) is 12.1. The van der Waals surface area contributed by atoms with Crippen LogP contribution in [0.3, 0.4) is 0 Å². The summed E-state index contributed by atoms with van der Waals surface area (Å²) in [7, 11) is -1.38. The fourth-order valence-corrected chi connectivity index (χ4v) is 3.11. The molecule has 0 aliphatic rings. The van der Waals surface area contributed by atoms with Crippen LogP contribution >= 0.6 is 0 Å². The first kappa shape index (κ1) is 16.2. The lowest BCUT2D eigenvalue weighted by atomic mass is 10.2. The van der Waals surface area contributed by atoms with E-state index in [1.807, 2.05) is 6.07 Å². The van der Waals surface area contributed by atoms with E-state index in [0.29, 0.717) is 15.4 Å². The molecule has 0 aliphatic heterocycles. The van der Waals surface area contributed by atoms with Crippen molar-refractivity contribution in [3.63, 3.8) is 0 Å². The summed E-state index contributed by atoms with van der Waals surface area (Å²) in [5.74, 6) is 3.76. The van der Waals surface area contributed by atoms with Crippen molar-refractivity contribution < 1.29 is 17.4 Å². The van der Waals surface area contributed by atoms with Crippen molar-refractivity contribution >= 4 is 10.8 Å². The summed E-state index contributed by atoms with van der Waals surface area (Å²) in [5, 5.41) is 3.57. The highest BCUT2D eigenvalue weighted by atomic mass is 32.2. The lowest BCUT2D eigenvalue weighted by molar-refractivity contribution is -0.146. The number of hydrogen-bond acceptors (Lipinski definition) is 4. The molecule has 1 atom stereocenters. The van der Waals surface area contributed by atoms with E-state index in [1.165, 1.54) is 12.1 Å². The number of rotatable bonds is 3. The van der Waals surface area contributed by atoms with Crippen LogP contribution in [0, 0.1) is 0 Å². The number of nitrogens with zero attached hydrogens (tertiary/aromatic N) is 3. The van der Waals surface area contributed by atoms with Gasteiger partial charge in [0.05, 0.1) is 10.8 Å². The quantitative estimate of drug-likeness (QED) is 0.736. The maximum absolute atomic E-state index is 12.7. The normalized spacial score (nSPS) is 13.0. The molecule has 9 heteroatoms. The lowest BCUT2D eigenvalue weighted by Crippen LogP contribution is -2.21. The van der Waals surface area contributed by atoms with Crippen molar-refractivity contribution in [2.75, 3.05) is 5.84 Å². The second kappa shape index (κ2) is 6.08. The zero-order chi connectivity index (χ0) is 17.3. The molecule has 2 N–H and O–H groups in total. The average molecular weight is 352 g/mol. The standard InChI is InChI=1S/C15H11F3N4OS/c16-15(17,18)14-20-13(21-22(14)19)10-6-8-12(9-7-10)24(23)11-4-2-1-3-5-11/h1-9H,19H2. The third-order valence-corrected chi connectivity index (χ3v) is 4.57. The summed E-state index contributed by atoms with van der Waals surface area (Å²) in [6, 6.07) is 15.0. The van der Waals surface area contributed by atoms with Gasteiger partial charge in [-0.2, -0.15) is 18.0 Å². The topological polar surface area (TPSA) is 73.8 Å². The molecular formula is C15H11F3N4OS. The van der Waals surface area contributed by atoms with Gasteiger partial charge in [-0.05, 0) is 36.4 Å². The molecule has 124 valence electrons. The van der Waals surface area contributed by atoms with Crippen LogP contribution in [0.1, 0.15) is 5.82 Å². The summed E-state index contributed by atoms with van der Waals surface area (Å²) < 4.78 is 50.5. The Morgan fingerprint density at radius 2 is 1.54 bits per heavy atom. The Labute approximate surface area is 137 Å². The fraction of sp³-hybridized carbons (Fsp3) is 0.0667. The molecule has 1 unspecified atom stereocenters. The van der Waals surface area contributed by atoms with Crippen LogP contribution in [0.15, 0.2) is 64.4 Å². The van der Waals surface area contributed by atoms with Gasteiger partial charge in [0.1, 0.15) is 0 Å². The average Bonchev–Trinajstić information content (AvgIpc) is 2.97. The third kappa shape index (κ3) is 3.16. The van der Waals surface area contributed by atoms with Gasteiger partial charge in [0.25, 0.3) is 5.82 Å². The molecule has 5 nitrogen and oxygen atoms in total. The molecule has 0 radical (unpaired) electrons. The predicted octanol–water partition coefficient (Wildman–Crippen LogP) is 2.84. The van der Waals surface area contributed by atoms with Crippen molar-refractivity contribution in [3.05, 3.63) is 60.4 Å². The van der Waals surface area contributed by atoms with Crippen LogP contribution in [0.4, 0.5) is 13.2 Å². The smallest absolute Gasteiger partial charge is 0.321 e. The Balaban J connectivity index is 1.89. The van der Waals surface area contributed by atoms with E-state index in [9.17, 15) is 17.4 Å². The molecular weight excluding hydrogens is 341 g/mol. The molecule has 3 aromatic rings. The molecule has 0 spiro atoms. The number of alkyl halides is 3. The number of hydrogen-bond donors (Lipinski definition) is 1.